The van der Waals surface area contributed by atoms with Crippen LogP contribution in [0.25, 0.3) is 0 Å². The van der Waals surface area contributed by atoms with E-state index in [-0.39, 0.29) is 16.5 Å². The Balaban J connectivity index is 2.38. The average Bonchev–Trinajstić information content (AvgIpc) is 2.82. The Morgan fingerprint density at radius 1 is 1.40 bits per heavy atom. The van der Waals surface area contributed by atoms with Crippen LogP contribution < -0.4 is 15.2 Å². The number of ether oxygens (including phenoxy) is 1. The first kappa shape index (κ1) is 14.4. The molecule has 1 aromatic carbocycles. The maximum absolute atomic E-state index is 12.3. The lowest BCUT2D eigenvalue weighted by molar-refractivity contribution is 0.402. The molecule has 8 heteroatoms. The molecular formula is C12H16N4O3S. The fraction of sp³-hybridized carbons (Fsp3) is 0.250. The first-order valence-electron chi connectivity index (χ1n) is 5.85. The van der Waals surface area contributed by atoms with Crippen molar-refractivity contribution < 1.29 is 13.2 Å². The number of nitrogens with two attached hydrogens (primary N) is 1. The normalized spacial score (nSPS) is 11.3. The molecule has 0 aliphatic rings. The Bertz CT molecular complexity index is 709. The lowest BCUT2D eigenvalue weighted by Gasteiger charge is -2.11. The van der Waals surface area contributed by atoms with E-state index in [0.29, 0.717) is 6.54 Å². The highest BCUT2D eigenvalue weighted by molar-refractivity contribution is 7.92. The number of sulfonamides is 1. The van der Waals surface area contributed by atoms with Gasteiger partial charge in [-0.25, -0.2) is 8.42 Å². The molecule has 108 valence electrons. The number of methoxy groups -OCH3 is 1. The number of nitrogens with zero attached hydrogens (tertiary/aromatic N) is 2. The molecule has 0 fully saturated rings. The van der Waals surface area contributed by atoms with Crippen LogP contribution in [-0.4, -0.2) is 25.3 Å². The van der Waals surface area contributed by atoms with Gasteiger partial charge in [0.15, 0.2) is 5.82 Å². The van der Waals surface area contributed by atoms with E-state index < -0.39 is 10.0 Å². The third kappa shape index (κ3) is 2.91. The Hall–Kier alpha value is -2.06. The molecule has 7 nitrogen and oxygen atoms in total. The summed E-state index contributed by atoms with van der Waals surface area (Å²) in [5.41, 5.74) is 6.32. The summed E-state index contributed by atoms with van der Waals surface area (Å²) < 4.78 is 33.7. The summed E-state index contributed by atoms with van der Waals surface area (Å²) in [5.74, 6) is 0.494. The fourth-order valence-electron chi connectivity index (χ4n) is 1.72. The van der Waals surface area contributed by atoms with Gasteiger partial charge in [0, 0.05) is 25.9 Å². The maximum atomic E-state index is 12.3. The van der Waals surface area contributed by atoms with Crippen molar-refractivity contribution in [1.82, 2.24) is 9.78 Å². The van der Waals surface area contributed by atoms with E-state index in [1.807, 2.05) is 0 Å². The molecule has 3 N–H and O–H groups in total. The van der Waals surface area contributed by atoms with E-state index in [9.17, 15) is 8.42 Å². The predicted octanol–water partition coefficient (Wildman–Crippen LogP) is 0.688. The molecule has 20 heavy (non-hydrogen) atoms. The van der Waals surface area contributed by atoms with Crippen LogP contribution in [0.3, 0.4) is 0 Å². The zero-order chi connectivity index (χ0) is 14.8. The first-order chi connectivity index (χ1) is 9.46. The van der Waals surface area contributed by atoms with E-state index in [1.165, 1.54) is 17.9 Å². The first-order valence-corrected chi connectivity index (χ1v) is 7.34. The van der Waals surface area contributed by atoms with Crippen LogP contribution >= 0.6 is 0 Å². The Morgan fingerprint density at radius 2 is 2.15 bits per heavy atom. The predicted molar refractivity (Wildman–Crippen MR) is 74.9 cm³/mol. The van der Waals surface area contributed by atoms with Crippen molar-refractivity contribution in [2.45, 2.75) is 11.4 Å². The van der Waals surface area contributed by atoms with Crippen molar-refractivity contribution in [2.24, 2.45) is 12.8 Å². The largest absolute Gasteiger partial charge is 0.495 e. The second-order valence-corrected chi connectivity index (χ2v) is 5.82. The summed E-state index contributed by atoms with van der Waals surface area (Å²) in [6.07, 6.45) is 1.65. The minimum absolute atomic E-state index is 0.0443. The molecule has 0 spiro atoms. The highest BCUT2D eigenvalue weighted by Crippen LogP contribution is 2.26. The summed E-state index contributed by atoms with van der Waals surface area (Å²) in [6, 6.07) is 6.28. The number of hydrogen-bond donors (Lipinski definition) is 2. The van der Waals surface area contributed by atoms with Gasteiger partial charge in [-0.1, -0.05) is 6.07 Å². The molecule has 0 bridgehead atoms. The molecule has 0 aliphatic heterocycles. The Kier molecular flexibility index (Phi) is 3.96. The molecule has 1 aromatic heterocycles. The molecular weight excluding hydrogens is 280 g/mol. The van der Waals surface area contributed by atoms with Gasteiger partial charge >= 0.3 is 0 Å². The highest BCUT2D eigenvalue weighted by Gasteiger charge is 2.20. The lowest BCUT2D eigenvalue weighted by Crippen LogP contribution is -2.15. The highest BCUT2D eigenvalue weighted by atomic mass is 32.2. The lowest BCUT2D eigenvalue weighted by atomic mass is 10.2. The van der Waals surface area contributed by atoms with E-state index >= 15 is 0 Å². The summed E-state index contributed by atoms with van der Waals surface area (Å²) in [4.78, 5) is 0.0443. The third-order valence-electron chi connectivity index (χ3n) is 2.71. The van der Waals surface area contributed by atoms with Gasteiger partial charge in [0.2, 0.25) is 0 Å². The molecule has 2 rings (SSSR count). The second-order valence-electron chi connectivity index (χ2n) is 4.17. The van der Waals surface area contributed by atoms with Crippen molar-refractivity contribution in [3.63, 3.8) is 0 Å². The second kappa shape index (κ2) is 5.51. The minimum Gasteiger partial charge on any atom is -0.495 e. The van der Waals surface area contributed by atoms with E-state index in [4.69, 9.17) is 10.5 Å². The van der Waals surface area contributed by atoms with Crippen LogP contribution in [0.1, 0.15) is 5.56 Å². The van der Waals surface area contributed by atoms with Crippen molar-refractivity contribution in [3.05, 3.63) is 36.0 Å². The van der Waals surface area contributed by atoms with Crippen LogP contribution in [-0.2, 0) is 23.6 Å². The zero-order valence-corrected chi connectivity index (χ0v) is 12.0. The minimum atomic E-state index is -3.76. The topological polar surface area (TPSA) is 99.2 Å². The number of benzene rings is 1. The third-order valence-corrected chi connectivity index (χ3v) is 4.10. The number of aryl methyl sites for hydroxylation is 1. The van der Waals surface area contributed by atoms with Crippen LogP contribution in [0.4, 0.5) is 5.82 Å². The summed E-state index contributed by atoms with van der Waals surface area (Å²) in [6.45, 7) is 0.310. The standard InChI is InChI=1S/C12H16N4O3S/c1-16-6-5-12(14-16)15-20(17,18)11-4-3-9(8-13)7-10(11)19-2/h3-7H,8,13H2,1-2H3,(H,14,15). The fourth-order valence-corrected chi connectivity index (χ4v) is 2.87. The Labute approximate surface area is 117 Å². The number of hydrogen-bond acceptors (Lipinski definition) is 5. The average molecular weight is 296 g/mol. The van der Waals surface area contributed by atoms with Gasteiger partial charge in [-0.15, -0.1) is 0 Å². The molecule has 1 heterocycles. The van der Waals surface area contributed by atoms with Gasteiger partial charge in [0.25, 0.3) is 10.0 Å². The van der Waals surface area contributed by atoms with Crippen LogP contribution in [0.5, 0.6) is 5.75 Å². The van der Waals surface area contributed by atoms with Crippen molar-refractivity contribution in [1.29, 1.82) is 0 Å². The molecule has 0 unspecified atom stereocenters. The van der Waals surface area contributed by atoms with Gasteiger partial charge < -0.3 is 10.5 Å². The molecule has 0 radical (unpaired) electrons. The monoisotopic (exact) mass is 296 g/mol. The quantitative estimate of drug-likeness (QED) is 0.845. The number of anilines is 1. The van der Waals surface area contributed by atoms with Crippen LogP contribution in [0.2, 0.25) is 0 Å². The van der Waals surface area contributed by atoms with Crippen LogP contribution in [0.15, 0.2) is 35.4 Å². The molecule has 0 saturated carbocycles. The van der Waals surface area contributed by atoms with Gasteiger partial charge in [-0.2, -0.15) is 5.10 Å². The maximum Gasteiger partial charge on any atom is 0.266 e. The van der Waals surface area contributed by atoms with E-state index in [0.717, 1.165) is 5.56 Å². The molecule has 0 atom stereocenters. The van der Waals surface area contributed by atoms with Crippen molar-refractivity contribution in [2.75, 3.05) is 11.8 Å². The number of aromatic nitrogens is 2. The van der Waals surface area contributed by atoms with Gasteiger partial charge in [-0.05, 0) is 17.7 Å². The van der Waals surface area contributed by atoms with E-state index in [1.54, 1.807) is 31.4 Å². The van der Waals surface area contributed by atoms with Gasteiger partial charge in [-0.3, -0.25) is 9.40 Å². The molecule has 0 aliphatic carbocycles. The van der Waals surface area contributed by atoms with Crippen LogP contribution in [0, 0.1) is 0 Å². The molecule has 0 saturated heterocycles. The molecule has 0 amide bonds. The number of rotatable bonds is 5. The summed E-state index contributed by atoms with van der Waals surface area (Å²) >= 11 is 0. The smallest absolute Gasteiger partial charge is 0.266 e. The SMILES string of the molecule is COc1cc(CN)ccc1S(=O)(=O)Nc1ccn(C)n1. The number of nitrogens with one attached hydrogen (secondary N) is 1. The Morgan fingerprint density at radius 3 is 2.70 bits per heavy atom. The van der Waals surface area contributed by atoms with Crippen molar-refractivity contribution >= 4 is 15.8 Å². The van der Waals surface area contributed by atoms with Gasteiger partial charge in [0.05, 0.1) is 7.11 Å². The van der Waals surface area contributed by atoms with E-state index in [2.05, 4.69) is 9.82 Å². The summed E-state index contributed by atoms with van der Waals surface area (Å²) in [7, 11) is -0.644. The summed E-state index contributed by atoms with van der Waals surface area (Å²) in [5, 5.41) is 3.98. The zero-order valence-electron chi connectivity index (χ0n) is 11.2. The molecule has 2 aromatic rings. The van der Waals surface area contributed by atoms with Crippen molar-refractivity contribution in [3.8, 4) is 5.75 Å². The van der Waals surface area contributed by atoms with Gasteiger partial charge in [0.1, 0.15) is 10.6 Å².